The number of sulfonamides is 1. The summed E-state index contributed by atoms with van der Waals surface area (Å²) in [5.74, 6) is 1.87. The fourth-order valence-corrected chi connectivity index (χ4v) is 7.13. The van der Waals surface area contributed by atoms with Gasteiger partial charge in [0.15, 0.2) is 22.5 Å². The van der Waals surface area contributed by atoms with Gasteiger partial charge in [0.2, 0.25) is 22.7 Å². The van der Waals surface area contributed by atoms with Crippen LogP contribution in [0.4, 0.5) is 0 Å². The van der Waals surface area contributed by atoms with Gasteiger partial charge in [0, 0.05) is 37.4 Å². The zero-order valence-electron chi connectivity index (χ0n) is 21.7. The second-order valence-corrected chi connectivity index (χ2v) is 12.6. The highest BCUT2D eigenvalue weighted by atomic mass is 32.2. The molecule has 4 aromatic rings. The summed E-state index contributed by atoms with van der Waals surface area (Å²) in [6.45, 7) is 3.15. The van der Waals surface area contributed by atoms with Crippen molar-refractivity contribution in [2.45, 2.75) is 22.2 Å². The molecule has 12 heteroatoms. The Balaban J connectivity index is 1.19. The summed E-state index contributed by atoms with van der Waals surface area (Å²) in [5.41, 5.74) is 1.67. The number of carbonyl (C=O) groups excluding carboxylic acids is 1. The molecule has 0 spiro atoms. The van der Waals surface area contributed by atoms with Gasteiger partial charge in [0.1, 0.15) is 0 Å². The Kier molecular flexibility index (Phi) is 7.22. The fraction of sp³-hybridized carbons (Fsp3) is 0.250. The van der Waals surface area contributed by atoms with Crippen LogP contribution in [0.5, 0.6) is 11.5 Å². The summed E-state index contributed by atoms with van der Waals surface area (Å²) in [6, 6.07) is 23.7. The van der Waals surface area contributed by atoms with E-state index in [0.717, 1.165) is 11.3 Å². The number of carbonyl (C=O) groups is 1. The van der Waals surface area contributed by atoms with Crippen LogP contribution in [0.3, 0.4) is 0 Å². The maximum absolute atomic E-state index is 13.4. The van der Waals surface area contributed by atoms with Crippen LogP contribution >= 0.6 is 11.8 Å². The Hall–Kier alpha value is -3.87. The Labute approximate surface area is 236 Å². The Bertz CT molecular complexity index is 1620. The van der Waals surface area contributed by atoms with Gasteiger partial charge in [-0.15, -0.1) is 10.2 Å². The first kappa shape index (κ1) is 26.4. The third-order valence-corrected chi connectivity index (χ3v) is 9.78. The van der Waals surface area contributed by atoms with Gasteiger partial charge in [-0.2, -0.15) is 4.31 Å². The second kappa shape index (κ2) is 11.0. The number of piperazine rings is 1. The van der Waals surface area contributed by atoms with Gasteiger partial charge in [0.05, 0.1) is 10.1 Å². The van der Waals surface area contributed by atoms with Crippen LogP contribution in [-0.2, 0) is 14.8 Å². The molecule has 0 N–H and O–H groups in total. The summed E-state index contributed by atoms with van der Waals surface area (Å²) in [7, 11) is -3.59. The summed E-state index contributed by atoms with van der Waals surface area (Å²) in [5, 5.41) is 9.04. The summed E-state index contributed by atoms with van der Waals surface area (Å²) < 4.78 is 40.3. The van der Waals surface area contributed by atoms with Crippen molar-refractivity contribution in [2.75, 3.05) is 33.0 Å². The number of nitrogens with zero attached hydrogens (tertiary/aromatic N) is 5. The van der Waals surface area contributed by atoms with Gasteiger partial charge in [-0.1, -0.05) is 48.2 Å². The van der Waals surface area contributed by atoms with E-state index < -0.39 is 15.3 Å². The molecular weight excluding hydrogens is 550 g/mol. The predicted molar refractivity (Wildman–Crippen MR) is 150 cm³/mol. The lowest BCUT2D eigenvalue weighted by molar-refractivity contribution is -0.131. The van der Waals surface area contributed by atoms with Crippen molar-refractivity contribution in [3.05, 3.63) is 78.9 Å². The normalized spacial score (nSPS) is 16.2. The maximum Gasteiger partial charge on any atom is 0.243 e. The lowest BCUT2D eigenvalue weighted by Crippen LogP contribution is -2.52. The van der Waals surface area contributed by atoms with E-state index in [1.54, 1.807) is 35.2 Å². The van der Waals surface area contributed by atoms with Crippen molar-refractivity contribution in [1.82, 2.24) is 24.0 Å². The van der Waals surface area contributed by atoms with E-state index in [-0.39, 0.29) is 30.7 Å². The SMILES string of the molecule is C[C@@H](Sc1nnc(-c2ccc3c(c2)OCO3)n1-c1ccccc1)C(=O)N1CCN(S(=O)(=O)c2ccccc2)CC1. The number of benzene rings is 3. The number of para-hydroxylation sites is 1. The van der Waals surface area contributed by atoms with Crippen molar-refractivity contribution < 1.29 is 22.7 Å². The van der Waals surface area contributed by atoms with Crippen LogP contribution in [0.1, 0.15) is 6.92 Å². The van der Waals surface area contributed by atoms with Gasteiger partial charge in [0.25, 0.3) is 0 Å². The minimum atomic E-state index is -3.59. The molecule has 1 fully saturated rings. The molecule has 0 bridgehead atoms. The van der Waals surface area contributed by atoms with E-state index >= 15 is 0 Å². The molecule has 3 aromatic carbocycles. The van der Waals surface area contributed by atoms with Gasteiger partial charge in [-0.05, 0) is 49.4 Å². The van der Waals surface area contributed by atoms with E-state index in [1.807, 2.05) is 60.0 Å². The average molecular weight is 578 g/mol. The van der Waals surface area contributed by atoms with Crippen LogP contribution in [0.15, 0.2) is 88.9 Å². The number of hydrogen-bond acceptors (Lipinski definition) is 8. The molecule has 1 saturated heterocycles. The molecule has 0 saturated carbocycles. The lowest BCUT2D eigenvalue weighted by Gasteiger charge is -2.35. The fourth-order valence-electron chi connectivity index (χ4n) is 4.73. The molecule has 2 aliphatic heterocycles. The van der Waals surface area contributed by atoms with E-state index in [4.69, 9.17) is 9.47 Å². The van der Waals surface area contributed by atoms with Crippen molar-refractivity contribution >= 4 is 27.7 Å². The molecule has 0 radical (unpaired) electrons. The largest absolute Gasteiger partial charge is 0.454 e. The van der Waals surface area contributed by atoms with Crippen LogP contribution in [0.25, 0.3) is 17.1 Å². The summed E-state index contributed by atoms with van der Waals surface area (Å²) in [4.78, 5) is 15.4. The average Bonchev–Trinajstić information content (AvgIpc) is 3.64. The number of amides is 1. The molecule has 1 atom stereocenters. The van der Waals surface area contributed by atoms with Crippen LogP contribution in [0.2, 0.25) is 0 Å². The number of fused-ring (bicyclic) bond motifs is 1. The molecule has 10 nitrogen and oxygen atoms in total. The van der Waals surface area contributed by atoms with Crippen molar-refractivity contribution in [1.29, 1.82) is 0 Å². The Morgan fingerprint density at radius 2 is 1.55 bits per heavy atom. The molecule has 0 unspecified atom stereocenters. The Morgan fingerprint density at radius 1 is 0.875 bits per heavy atom. The minimum absolute atomic E-state index is 0.0750. The number of ether oxygens (including phenoxy) is 2. The summed E-state index contributed by atoms with van der Waals surface area (Å²) in [6.07, 6.45) is 0. The molecule has 3 heterocycles. The maximum atomic E-state index is 13.4. The standard InChI is InChI=1S/C28H27N5O5S2/c1-20(27(34)31-14-16-32(17-15-31)40(35,36)23-10-6-3-7-11-23)39-28-30-29-26(33(28)22-8-4-2-5-9-22)21-12-13-24-25(18-21)38-19-37-24/h2-13,18,20H,14-17,19H2,1H3/t20-/m1/s1. The molecule has 40 heavy (non-hydrogen) atoms. The highest BCUT2D eigenvalue weighted by Gasteiger charge is 2.32. The van der Waals surface area contributed by atoms with E-state index in [1.165, 1.54) is 16.1 Å². The molecule has 2 aliphatic rings. The third-order valence-electron chi connectivity index (χ3n) is 6.84. The van der Waals surface area contributed by atoms with Crippen LogP contribution in [-0.4, -0.2) is 76.5 Å². The molecular formula is C28H27N5O5S2. The quantitative estimate of drug-likeness (QED) is 0.306. The topological polar surface area (TPSA) is 107 Å². The van der Waals surface area contributed by atoms with Gasteiger partial charge in [-0.25, -0.2) is 8.42 Å². The van der Waals surface area contributed by atoms with Crippen molar-refractivity contribution in [2.24, 2.45) is 0 Å². The molecule has 0 aliphatic carbocycles. The number of rotatable bonds is 7. The monoisotopic (exact) mass is 577 g/mol. The van der Waals surface area contributed by atoms with Gasteiger partial charge >= 0.3 is 0 Å². The highest BCUT2D eigenvalue weighted by Crippen LogP contribution is 2.37. The third kappa shape index (κ3) is 5.05. The van der Waals surface area contributed by atoms with Crippen LogP contribution < -0.4 is 9.47 Å². The lowest BCUT2D eigenvalue weighted by atomic mass is 10.2. The molecule has 1 aromatic heterocycles. The second-order valence-electron chi connectivity index (χ2n) is 9.35. The first-order chi connectivity index (χ1) is 19.4. The summed E-state index contributed by atoms with van der Waals surface area (Å²) >= 11 is 1.32. The number of hydrogen-bond donors (Lipinski definition) is 0. The van der Waals surface area contributed by atoms with E-state index in [9.17, 15) is 13.2 Å². The first-order valence-electron chi connectivity index (χ1n) is 12.8. The smallest absolute Gasteiger partial charge is 0.243 e. The first-order valence-corrected chi connectivity index (χ1v) is 15.2. The van der Waals surface area contributed by atoms with E-state index in [2.05, 4.69) is 10.2 Å². The highest BCUT2D eigenvalue weighted by molar-refractivity contribution is 8.00. The number of aromatic nitrogens is 3. The van der Waals surface area contributed by atoms with Crippen molar-refractivity contribution in [3.63, 3.8) is 0 Å². The minimum Gasteiger partial charge on any atom is -0.454 e. The zero-order valence-corrected chi connectivity index (χ0v) is 23.3. The van der Waals surface area contributed by atoms with Crippen molar-refractivity contribution in [3.8, 4) is 28.6 Å². The van der Waals surface area contributed by atoms with Crippen LogP contribution in [0, 0.1) is 0 Å². The predicted octanol–water partition coefficient (Wildman–Crippen LogP) is 3.68. The number of thioether (sulfide) groups is 1. The van der Waals surface area contributed by atoms with Gasteiger partial charge in [-0.3, -0.25) is 9.36 Å². The zero-order chi connectivity index (χ0) is 27.7. The molecule has 6 rings (SSSR count). The Morgan fingerprint density at radius 3 is 2.27 bits per heavy atom. The molecule has 1 amide bonds. The van der Waals surface area contributed by atoms with E-state index in [0.29, 0.717) is 35.6 Å². The molecule has 206 valence electrons. The van der Waals surface area contributed by atoms with Gasteiger partial charge < -0.3 is 14.4 Å².